The Morgan fingerprint density at radius 2 is 1.93 bits per heavy atom. The normalized spacial score (nSPS) is 10.3. The Bertz CT molecular complexity index is 306. The Kier molecular flexibility index (Phi) is 3.56. The Morgan fingerprint density at radius 1 is 1.36 bits per heavy atom. The lowest BCUT2D eigenvalue weighted by molar-refractivity contribution is -0.131. The van der Waals surface area contributed by atoms with E-state index in [2.05, 4.69) is 0 Å². The van der Waals surface area contributed by atoms with E-state index in [1.807, 2.05) is 0 Å². The van der Waals surface area contributed by atoms with Gasteiger partial charge >= 0.3 is 5.97 Å². The summed E-state index contributed by atoms with van der Waals surface area (Å²) in [6.45, 7) is 1.28. The molecule has 0 unspecified atom stereocenters. The Morgan fingerprint density at radius 3 is 2.36 bits per heavy atom. The molecule has 0 spiro atoms. The maximum absolute atomic E-state index is 11.9. The van der Waals surface area contributed by atoms with Gasteiger partial charge in [-0.15, -0.1) is 0 Å². The highest BCUT2D eigenvalue weighted by Gasteiger charge is 2.04. The molecular weight excluding hydrogens is 190 g/mol. The zero-order valence-electron chi connectivity index (χ0n) is 7.67. The van der Waals surface area contributed by atoms with Crippen LogP contribution in [0.25, 0.3) is 0 Å². The maximum atomic E-state index is 11.9. The first-order valence-electron chi connectivity index (χ1n) is 4.13. The van der Waals surface area contributed by atoms with Gasteiger partial charge < -0.3 is 4.74 Å². The van der Waals surface area contributed by atoms with Gasteiger partial charge in [0.05, 0.1) is 0 Å². The second kappa shape index (κ2) is 4.69. The van der Waals surface area contributed by atoms with Crippen molar-refractivity contribution in [2.45, 2.75) is 19.8 Å². The van der Waals surface area contributed by atoms with E-state index >= 15 is 0 Å². The standard InChI is InChI=1S/C10H10F2O2/c1-7(13)14-9-4-2-8(3-5-9)6-10(11)12/h2-5,10H,6H2,1H3. The number of rotatable bonds is 3. The van der Waals surface area contributed by atoms with Crippen molar-refractivity contribution in [2.24, 2.45) is 0 Å². The lowest BCUT2D eigenvalue weighted by atomic mass is 10.1. The van der Waals surface area contributed by atoms with Crippen molar-refractivity contribution in [3.8, 4) is 5.75 Å². The fourth-order valence-electron chi connectivity index (χ4n) is 1.04. The van der Waals surface area contributed by atoms with Crippen molar-refractivity contribution in [1.29, 1.82) is 0 Å². The van der Waals surface area contributed by atoms with E-state index in [1.165, 1.54) is 31.2 Å². The second-order valence-corrected chi connectivity index (χ2v) is 2.83. The summed E-state index contributed by atoms with van der Waals surface area (Å²) in [5, 5.41) is 0. The van der Waals surface area contributed by atoms with Crippen LogP contribution in [-0.2, 0) is 11.2 Å². The van der Waals surface area contributed by atoms with Crippen LogP contribution in [0.4, 0.5) is 8.78 Å². The van der Waals surface area contributed by atoms with E-state index in [4.69, 9.17) is 4.74 Å². The third-order valence-corrected chi connectivity index (χ3v) is 1.57. The Labute approximate surface area is 80.5 Å². The molecule has 1 aromatic carbocycles. The first-order valence-corrected chi connectivity index (χ1v) is 4.13. The molecule has 0 aliphatic rings. The van der Waals surface area contributed by atoms with Gasteiger partial charge in [-0.25, -0.2) is 8.78 Å². The molecule has 76 valence electrons. The third-order valence-electron chi connectivity index (χ3n) is 1.57. The highest BCUT2D eigenvalue weighted by molar-refractivity contribution is 5.69. The number of ether oxygens (including phenoxy) is 1. The predicted octanol–water partition coefficient (Wildman–Crippen LogP) is 2.42. The van der Waals surface area contributed by atoms with Crippen LogP contribution >= 0.6 is 0 Å². The summed E-state index contributed by atoms with van der Waals surface area (Å²) < 4.78 is 28.6. The van der Waals surface area contributed by atoms with Crippen LogP contribution in [0.2, 0.25) is 0 Å². The Balaban J connectivity index is 2.63. The number of carbonyl (C=O) groups is 1. The molecule has 0 N–H and O–H groups in total. The van der Waals surface area contributed by atoms with E-state index < -0.39 is 12.4 Å². The number of hydrogen-bond acceptors (Lipinski definition) is 2. The molecule has 0 radical (unpaired) electrons. The van der Waals surface area contributed by atoms with Gasteiger partial charge in [-0.1, -0.05) is 12.1 Å². The summed E-state index contributed by atoms with van der Waals surface area (Å²) in [6, 6.07) is 6.03. The third kappa shape index (κ3) is 3.51. The van der Waals surface area contributed by atoms with Crippen LogP contribution in [-0.4, -0.2) is 12.4 Å². The summed E-state index contributed by atoms with van der Waals surface area (Å²) in [5.41, 5.74) is 0.524. The van der Waals surface area contributed by atoms with Crippen molar-refractivity contribution < 1.29 is 18.3 Å². The number of esters is 1. The molecule has 0 bridgehead atoms. The van der Waals surface area contributed by atoms with Gasteiger partial charge in [0.15, 0.2) is 0 Å². The Hall–Kier alpha value is -1.45. The molecular formula is C10H10F2O2. The predicted molar refractivity (Wildman–Crippen MR) is 47.5 cm³/mol. The van der Waals surface area contributed by atoms with Gasteiger partial charge in [0.25, 0.3) is 0 Å². The highest BCUT2D eigenvalue weighted by Crippen LogP contribution is 2.14. The van der Waals surface area contributed by atoms with Crippen molar-refractivity contribution in [3.63, 3.8) is 0 Å². The van der Waals surface area contributed by atoms with Crippen LogP contribution in [0, 0.1) is 0 Å². The summed E-state index contributed by atoms with van der Waals surface area (Å²) in [5.74, 6) is -0.0536. The van der Waals surface area contributed by atoms with Crippen molar-refractivity contribution in [2.75, 3.05) is 0 Å². The van der Waals surface area contributed by atoms with E-state index in [1.54, 1.807) is 0 Å². The van der Waals surface area contributed by atoms with Crippen molar-refractivity contribution >= 4 is 5.97 Å². The average Bonchev–Trinajstić information content (AvgIpc) is 2.06. The molecule has 0 saturated carbocycles. The largest absolute Gasteiger partial charge is 0.427 e. The molecule has 0 amide bonds. The monoisotopic (exact) mass is 200 g/mol. The number of carbonyl (C=O) groups excluding carboxylic acids is 1. The number of halogens is 2. The van der Waals surface area contributed by atoms with Crippen molar-refractivity contribution in [1.82, 2.24) is 0 Å². The number of benzene rings is 1. The lowest BCUT2D eigenvalue weighted by Crippen LogP contribution is -2.01. The minimum Gasteiger partial charge on any atom is -0.427 e. The van der Waals surface area contributed by atoms with Gasteiger partial charge in [0, 0.05) is 13.3 Å². The lowest BCUT2D eigenvalue weighted by Gasteiger charge is -2.03. The molecule has 14 heavy (non-hydrogen) atoms. The molecule has 2 nitrogen and oxygen atoms in total. The van der Waals surface area contributed by atoms with Gasteiger partial charge in [-0.2, -0.15) is 0 Å². The fourth-order valence-corrected chi connectivity index (χ4v) is 1.04. The minimum atomic E-state index is -2.35. The molecule has 0 atom stereocenters. The zero-order chi connectivity index (χ0) is 10.6. The molecule has 0 heterocycles. The SMILES string of the molecule is CC(=O)Oc1ccc(CC(F)F)cc1. The summed E-state index contributed by atoms with van der Waals surface area (Å²) in [6.07, 6.45) is -2.63. The van der Waals surface area contributed by atoms with Crippen LogP contribution in [0.1, 0.15) is 12.5 Å². The number of hydrogen-bond donors (Lipinski definition) is 0. The molecule has 1 aromatic rings. The molecule has 0 aliphatic carbocycles. The highest BCUT2D eigenvalue weighted by atomic mass is 19.3. The topological polar surface area (TPSA) is 26.3 Å². The zero-order valence-corrected chi connectivity index (χ0v) is 7.67. The molecule has 0 fully saturated rings. The molecule has 1 rings (SSSR count). The average molecular weight is 200 g/mol. The summed E-state index contributed by atoms with van der Waals surface area (Å²) >= 11 is 0. The quantitative estimate of drug-likeness (QED) is 0.553. The fraction of sp³-hybridized carbons (Fsp3) is 0.300. The van der Waals surface area contributed by atoms with Gasteiger partial charge in [-0.05, 0) is 17.7 Å². The maximum Gasteiger partial charge on any atom is 0.308 e. The first kappa shape index (κ1) is 10.6. The van der Waals surface area contributed by atoms with Crippen LogP contribution in [0.3, 0.4) is 0 Å². The van der Waals surface area contributed by atoms with E-state index in [0.717, 1.165) is 0 Å². The summed E-state index contributed by atoms with van der Waals surface area (Å²) in [4.78, 5) is 10.5. The molecule has 4 heteroatoms. The minimum absolute atomic E-state index is 0.277. The second-order valence-electron chi connectivity index (χ2n) is 2.83. The number of alkyl halides is 2. The van der Waals surface area contributed by atoms with Gasteiger partial charge in [-0.3, -0.25) is 4.79 Å². The van der Waals surface area contributed by atoms with E-state index in [9.17, 15) is 13.6 Å². The van der Waals surface area contributed by atoms with Gasteiger partial charge in [0.1, 0.15) is 5.75 Å². The van der Waals surface area contributed by atoms with Crippen LogP contribution in [0.5, 0.6) is 5.75 Å². The van der Waals surface area contributed by atoms with E-state index in [0.29, 0.717) is 11.3 Å². The molecule has 0 aromatic heterocycles. The van der Waals surface area contributed by atoms with Crippen LogP contribution < -0.4 is 4.74 Å². The van der Waals surface area contributed by atoms with Gasteiger partial charge in [0.2, 0.25) is 6.43 Å². The summed E-state index contributed by atoms with van der Waals surface area (Å²) in [7, 11) is 0. The smallest absolute Gasteiger partial charge is 0.308 e. The molecule has 0 saturated heterocycles. The van der Waals surface area contributed by atoms with Crippen LogP contribution in [0.15, 0.2) is 24.3 Å². The van der Waals surface area contributed by atoms with E-state index in [-0.39, 0.29) is 6.42 Å². The first-order chi connectivity index (χ1) is 6.58. The van der Waals surface area contributed by atoms with Crippen molar-refractivity contribution in [3.05, 3.63) is 29.8 Å². The molecule has 0 aliphatic heterocycles.